The Morgan fingerprint density at radius 1 is 1.04 bits per heavy atom. The maximum absolute atomic E-state index is 12.4. The zero-order valence-corrected chi connectivity index (χ0v) is 15.9. The lowest BCUT2D eigenvalue weighted by atomic mass is 9.77. The quantitative estimate of drug-likeness (QED) is 0.450. The van der Waals surface area contributed by atoms with E-state index in [-0.39, 0.29) is 11.8 Å². The molecule has 1 aliphatic rings. The molecule has 1 saturated carbocycles. The molecule has 0 heterocycles. The van der Waals surface area contributed by atoms with Crippen molar-refractivity contribution in [3.63, 3.8) is 0 Å². The third-order valence-corrected chi connectivity index (χ3v) is 5.34. The summed E-state index contributed by atoms with van der Waals surface area (Å²) in [6.07, 6.45) is 8.17. The SMILES string of the molecule is CCCC(=O)OC(C)C(=O)c1ccc(C2CCC(CCC)CC2)cc1. The van der Waals surface area contributed by atoms with E-state index < -0.39 is 6.10 Å². The second-order valence-electron chi connectivity index (χ2n) is 7.37. The van der Waals surface area contributed by atoms with Gasteiger partial charge in [-0.15, -0.1) is 0 Å². The maximum atomic E-state index is 12.4. The summed E-state index contributed by atoms with van der Waals surface area (Å²) in [7, 11) is 0. The fourth-order valence-corrected chi connectivity index (χ4v) is 3.86. The molecule has 1 aromatic rings. The number of carbonyl (C=O) groups is 2. The summed E-state index contributed by atoms with van der Waals surface area (Å²) in [4.78, 5) is 24.0. The first-order chi connectivity index (χ1) is 12.0. The fourth-order valence-electron chi connectivity index (χ4n) is 3.86. The first-order valence-corrected chi connectivity index (χ1v) is 9.88. The number of hydrogen-bond donors (Lipinski definition) is 0. The molecule has 1 aliphatic carbocycles. The Balaban J connectivity index is 1.91. The minimum atomic E-state index is -0.714. The van der Waals surface area contributed by atoms with E-state index in [1.165, 1.54) is 44.1 Å². The van der Waals surface area contributed by atoms with Crippen molar-refractivity contribution < 1.29 is 14.3 Å². The predicted molar refractivity (Wildman–Crippen MR) is 101 cm³/mol. The monoisotopic (exact) mass is 344 g/mol. The first kappa shape index (κ1) is 19.7. The second kappa shape index (κ2) is 9.74. The number of rotatable bonds is 8. The van der Waals surface area contributed by atoms with Crippen molar-refractivity contribution in [2.24, 2.45) is 5.92 Å². The summed E-state index contributed by atoms with van der Waals surface area (Å²) in [5, 5.41) is 0. The molecule has 0 N–H and O–H groups in total. The summed E-state index contributed by atoms with van der Waals surface area (Å²) in [5.41, 5.74) is 1.96. The third-order valence-electron chi connectivity index (χ3n) is 5.34. The number of hydrogen-bond acceptors (Lipinski definition) is 3. The topological polar surface area (TPSA) is 43.4 Å². The minimum Gasteiger partial charge on any atom is -0.454 e. The van der Waals surface area contributed by atoms with Gasteiger partial charge < -0.3 is 4.74 Å². The first-order valence-electron chi connectivity index (χ1n) is 9.88. The molecule has 0 spiro atoms. The van der Waals surface area contributed by atoms with Gasteiger partial charge in [0.15, 0.2) is 6.10 Å². The van der Waals surface area contributed by atoms with E-state index in [0.717, 1.165) is 12.3 Å². The molecular weight excluding hydrogens is 312 g/mol. The molecule has 0 amide bonds. The van der Waals surface area contributed by atoms with Crippen molar-refractivity contribution >= 4 is 11.8 Å². The van der Waals surface area contributed by atoms with Crippen molar-refractivity contribution in [2.45, 2.75) is 84.2 Å². The van der Waals surface area contributed by atoms with Crippen molar-refractivity contribution in [1.82, 2.24) is 0 Å². The summed E-state index contributed by atoms with van der Waals surface area (Å²) < 4.78 is 5.20. The molecule has 1 atom stereocenters. The predicted octanol–water partition coefficient (Wildman–Crippen LogP) is 5.68. The van der Waals surface area contributed by atoms with Crippen molar-refractivity contribution in [2.75, 3.05) is 0 Å². The molecule has 1 aromatic carbocycles. The molecule has 0 saturated heterocycles. The zero-order valence-electron chi connectivity index (χ0n) is 15.9. The van der Waals surface area contributed by atoms with Crippen molar-refractivity contribution in [3.8, 4) is 0 Å². The number of ketones is 1. The number of carbonyl (C=O) groups excluding carboxylic acids is 2. The highest BCUT2D eigenvalue weighted by Gasteiger charge is 2.23. The normalized spacial score (nSPS) is 21.6. The lowest BCUT2D eigenvalue weighted by Crippen LogP contribution is -2.24. The van der Waals surface area contributed by atoms with Crippen LogP contribution in [0.1, 0.15) is 94.0 Å². The Kier molecular flexibility index (Phi) is 7.67. The van der Waals surface area contributed by atoms with Gasteiger partial charge in [0.2, 0.25) is 5.78 Å². The highest BCUT2D eigenvalue weighted by atomic mass is 16.5. The molecular formula is C22H32O3. The van der Waals surface area contributed by atoms with Gasteiger partial charge in [0, 0.05) is 12.0 Å². The van der Waals surface area contributed by atoms with Crippen LogP contribution in [0.25, 0.3) is 0 Å². The van der Waals surface area contributed by atoms with Gasteiger partial charge in [-0.2, -0.15) is 0 Å². The molecule has 3 nitrogen and oxygen atoms in total. The largest absolute Gasteiger partial charge is 0.454 e. The highest BCUT2D eigenvalue weighted by Crippen LogP contribution is 2.37. The van der Waals surface area contributed by atoms with Crippen LogP contribution >= 0.6 is 0 Å². The van der Waals surface area contributed by atoms with Crippen LogP contribution in [0.15, 0.2) is 24.3 Å². The molecule has 1 fully saturated rings. The number of esters is 1. The Morgan fingerprint density at radius 2 is 1.68 bits per heavy atom. The van der Waals surface area contributed by atoms with E-state index in [0.29, 0.717) is 17.9 Å². The molecule has 0 radical (unpaired) electrons. The molecule has 138 valence electrons. The number of ether oxygens (including phenoxy) is 1. The highest BCUT2D eigenvalue weighted by molar-refractivity contribution is 6.00. The third kappa shape index (κ3) is 5.69. The summed E-state index contributed by atoms with van der Waals surface area (Å²) in [6, 6.07) is 7.94. The van der Waals surface area contributed by atoms with Crippen LogP contribution in [0, 0.1) is 5.92 Å². The van der Waals surface area contributed by atoms with Gasteiger partial charge in [0.05, 0.1) is 0 Å². The Morgan fingerprint density at radius 3 is 2.24 bits per heavy atom. The molecule has 0 aliphatic heterocycles. The molecule has 3 heteroatoms. The number of Topliss-reactive ketones (excluding diaryl/α,β-unsaturated/α-hetero) is 1. The standard InChI is InChI=1S/C22H32O3/c1-4-6-17-8-10-18(11-9-17)19-12-14-20(15-13-19)22(24)16(3)25-21(23)7-5-2/h12-18H,4-11H2,1-3H3. The van der Waals surface area contributed by atoms with Crippen LogP contribution < -0.4 is 0 Å². The fraction of sp³-hybridized carbons (Fsp3) is 0.636. The van der Waals surface area contributed by atoms with Gasteiger partial charge in [-0.25, -0.2) is 0 Å². The Bertz CT molecular complexity index is 553. The summed E-state index contributed by atoms with van der Waals surface area (Å²) >= 11 is 0. The van der Waals surface area contributed by atoms with Gasteiger partial charge in [0.1, 0.15) is 0 Å². The van der Waals surface area contributed by atoms with Crippen LogP contribution in [0.4, 0.5) is 0 Å². The van der Waals surface area contributed by atoms with Crippen molar-refractivity contribution in [1.29, 1.82) is 0 Å². The van der Waals surface area contributed by atoms with E-state index in [2.05, 4.69) is 19.1 Å². The molecule has 0 aromatic heterocycles. The van der Waals surface area contributed by atoms with Crippen LogP contribution in [0.2, 0.25) is 0 Å². The van der Waals surface area contributed by atoms with Gasteiger partial charge in [0.25, 0.3) is 0 Å². The van der Waals surface area contributed by atoms with Gasteiger partial charge >= 0.3 is 5.97 Å². The van der Waals surface area contributed by atoms with Crippen LogP contribution in [-0.4, -0.2) is 17.9 Å². The summed E-state index contributed by atoms with van der Waals surface area (Å²) in [5.74, 6) is 1.10. The molecule has 1 unspecified atom stereocenters. The lowest BCUT2D eigenvalue weighted by Gasteiger charge is -2.28. The van der Waals surface area contributed by atoms with Gasteiger partial charge in [-0.1, -0.05) is 51.0 Å². The van der Waals surface area contributed by atoms with Gasteiger partial charge in [-0.05, 0) is 56.4 Å². The smallest absolute Gasteiger partial charge is 0.306 e. The van der Waals surface area contributed by atoms with E-state index in [1.54, 1.807) is 6.92 Å². The zero-order chi connectivity index (χ0) is 18.2. The van der Waals surface area contributed by atoms with Crippen LogP contribution in [0.3, 0.4) is 0 Å². The molecule has 0 bridgehead atoms. The van der Waals surface area contributed by atoms with E-state index in [4.69, 9.17) is 4.74 Å². The Labute approximate surface area is 152 Å². The van der Waals surface area contributed by atoms with Crippen LogP contribution in [-0.2, 0) is 9.53 Å². The van der Waals surface area contributed by atoms with E-state index in [9.17, 15) is 9.59 Å². The van der Waals surface area contributed by atoms with E-state index >= 15 is 0 Å². The average Bonchev–Trinajstić information content (AvgIpc) is 2.62. The second-order valence-corrected chi connectivity index (χ2v) is 7.37. The van der Waals surface area contributed by atoms with E-state index in [1.807, 2.05) is 19.1 Å². The Hall–Kier alpha value is -1.64. The molecule has 2 rings (SSSR count). The lowest BCUT2D eigenvalue weighted by molar-refractivity contribution is -0.146. The summed E-state index contributed by atoms with van der Waals surface area (Å²) in [6.45, 7) is 5.84. The van der Waals surface area contributed by atoms with Gasteiger partial charge in [-0.3, -0.25) is 9.59 Å². The van der Waals surface area contributed by atoms with Crippen molar-refractivity contribution in [3.05, 3.63) is 35.4 Å². The maximum Gasteiger partial charge on any atom is 0.306 e. The average molecular weight is 344 g/mol. The number of benzene rings is 1. The minimum absolute atomic E-state index is 0.123. The molecule has 25 heavy (non-hydrogen) atoms. The van der Waals surface area contributed by atoms with Crippen LogP contribution in [0.5, 0.6) is 0 Å².